The van der Waals surface area contributed by atoms with Gasteiger partial charge in [-0.2, -0.15) is 0 Å². The summed E-state index contributed by atoms with van der Waals surface area (Å²) in [7, 11) is 0. The molecule has 0 fully saturated rings. The molecule has 0 aliphatic heterocycles. The highest BCUT2D eigenvalue weighted by Gasteiger charge is 2.10. The summed E-state index contributed by atoms with van der Waals surface area (Å²) in [6.45, 7) is 6.91. The Morgan fingerprint density at radius 2 is 1.91 bits per heavy atom. The Labute approximate surface area is 136 Å². The predicted octanol–water partition coefficient (Wildman–Crippen LogP) is 3.40. The largest absolute Gasteiger partial charge is 0.491 e. The van der Waals surface area contributed by atoms with Crippen molar-refractivity contribution in [3.05, 3.63) is 59.4 Å². The number of aliphatic hydroxyl groups excluding tert-OH is 1. The number of hydrogen-bond acceptors (Lipinski definition) is 3. The SMILES string of the molecule is Cc1cccc(OC[C@H](O)Cn2cnc3cc(C)c(C)cc32)c1. The Bertz CT molecular complexity index is 823. The van der Waals surface area contributed by atoms with Crippen molar-refractivity contribution < 1.29 is 9.84 Å². The van der Waals surface area contributed by atoms with Crippen LogP contribution in [-0.2, 0) is 6.54 Å². The first-order chi connectivity index (χ1) is 11.0. The van der Waals surface area contributed by atoms with Gasteiger partial charge < -0.3 is 14.4 Å². The maximum absolute atomic E-state index is 10.3. The topological polar surface area (TPSA) is 47.3 Å². The van der Waals surface area contributed by atoms with Crippen LogP contribution in [0.25, 0.3) is 11.0 Å². The highest BCUT2D eigenvalue weighted by molar-refractivity contribution is 5.77. The second kappa shape index (κ2) is 6.42. The number of benzene rings is 2. The molecule has 4 nitrogen and oxygen atoms in total. The van der Waals surface area contributed by atoms with Crippen molar-refractivity contribution in [3.63, 3.8) is 0 Å². The molecule has 0 aliphatic rings. The molecule has 0 bridgehead atoms. The molecule has 1 atom stereocenters. The quantitative estimate of drug-likeness (QED) is 0.785. The Morgan fingerprint density at radius 3 is 2.70 bits per heavy atom. The highest BCUT2D eigenvalue weighted by Crippen LogP contribution is 2.19. The van der Waals surface area contributed by atoms with Gasteiger partial charge in [0.15, 0.2) is 0 Å². The van der Waals surface area contributed by atoms with Gasteiger partial charge >= 0.3 is 0 Å². The number of hydrogen-bond donors (Lipinski definition) is 1. The van der Waals surface area contributed by atoms with Gasteiger partial charge in [-0.05, 0) is 61.7 Å². The summed E-state index contributed by atoms with van der Waals surface area (Å²) in [4.78, 5) is 4.41. The van der Waals surface area contributed by atoms with Crippen molar-refractivity contribution >= 4 is 11.0 Å². The molecule has 0 spiro atoms. The van der Waals surface area contributed by atoms with E-state index in [4.69, 9.17) is 4.74 Å². The number of fused-ring (bicyclic) bond motifs is 1. The molecule has 3 aromatic rings. The van der Waals surface area contributed by atoms with E-state index in [0.717, 1.165) is 22.3 Å². The molecular formula is C19H22N2O2. The van der Waals surface area contributed by atoms with Crippen molar-refractivity contribution in [2.45, 2.75) is 33.4 Å². The first-order valence-electron chi connectivity index (χ1n) is 7.82. The number of ether oxygens (including phenoxy) is 1. The molecule has 23 heavy (non-hydrogen) atoms. The lowest BCUT2D eigenvalue weighted by Gasteiger charge is -2.14. The van der Waals surface area contributed by atoms with E-state index in [1.807, 2.05) is 35.8 Å². The van der Waals surface area contributed by atoms with Gasteiger partial charge in [-0.1, -0.05) is 12.1 Å². The van der Waals surface area contributed by atoms with Crippen LogP contribution in [0.2, 0.25) is 0 Å². The summed E-state index contributed by atoms with van der Waals surface area (Å²) in [6, 6.07) is 12.0. The molecule has 4 heteroatoms. The fourth-order valence-electron chi connectivity index (χ4n) is 2.64. The monoisotopic (exact) mass is 310 g/mol. The van der Waals surface area contributed by atoms with Gasteiger partial charge in [0, 0.05) is 0 Å². The third-order valence-corrected chi connectivity index (χ3v) is 4.08. The minimum absolute atomic E-state index is 0.258. The number of nitrogens with zero attached hydrogens (tertiary/aromatic N) is 2. The van der Waals surface area contributed by atoms with Crippen LogP contribution in [0, 0.1) is 20.8 Å². The summed E-state index contributed by atoms with van der Waals surface area (Å²) in [6.07, 6.45) is 1.19. The van der Waals surface area contributed by atoms with E-state index in [1.54, 1.807) is 6.33 Å². The molecule has 0 saturated carbocycles. The van der Waals surface area contributed by atoms with Crippen LogP contribution in [-0.4, -0.2) is 27.4 Å². The number of rotatable bonds is 5. The standard InChI is InChI=1S/C19H22N2O2/c1-13-5-4-6-17(7-13)23-11-16(22)10-21-12-20-18-8-14(2)15(3)9-19(18)21/h4-9,12,16,22H,10-11H2,1-3H3/t16-/m1/s1. The Hall–Kier alpha value is -2.33. The molecule has 0 radical (unpaired) electrons. The fourth-order valence-corrected chi connectivity index (χ4v) is 2.64. The van der Waals surface area contributed by atoms with E-state index in [0.29, 0.717) is 6.54 Å². The molecular weight excluding hydrogens is 288 g/mol. The highest BCUT2D eigenvalue weighted by atomic mass is 16.5. The van der Waals surface area contributed by atoms with Gasteiger partial charge in [0.25, 0.3) is 0 Å². The van der Waals surface area contributed by atoms with Crippen LogP contribution in [0.1, 0.15) is 16.7 Å². The van der Waals surface area contributed by atoms with E-state index in [-0.39, 0.29) is 6.61 Å². The van der Waals surface area contributed by atoms with Crippen LogP contribution < -0.4 is 4.74 Å². The van der Waals surface area contributed by atoms with Gasteiger partial charge in [0.2, 0.25) is 0 Å². The van der Waals surface area contributed by atoms with E-state index in [9.17, 15) is 5.11 Å². The Kier molecular flexibility index (Phi) is 4.35. The minimum Gasteiger partial charge on any atom is -0.491 e. The summed E-state index contributed by atoms with van der Waals surface area (Å²) in [5, 5.41) is 10.3. The normalized spacial score (nSPS) is 12.5. The van der Waals surface area contributed by atoms with E-state index < -0.39 is 6.10 Å². The minimum atomic E-state index is -0.588. The summed E-state index contributed by atoms with van der Waals surface area (Å²) < 4.78 is 7.65. The molecule has 0 saturated heterocycles. The van der Waals surface area contributed by atoms with Crippen LogP contribution >= 0.6 is 0 Å². The third-order valence-electron chi connectivity index (χ3n) is 4.08. The van der Waals surface area contributed by atoms with Crippen molar-refractivity contribution in [2.24, 2.45) is 0 Å². The second-order valence-electron chi connectivity index (χ2n) is 6.10. The lowest BCUT2D eigenvalue weighted by molar-refractivity contribution is 0.0934. The second-order valence-corrected chi connectivity index (χ2v) is 6.10. The maximum Gasteiger partial charge on any atom is 0.119 e. The maximum atomic E-state index is 10.3. The van der Waals surface area contributed by atoms with Crippen LogP contribution in [0.15, 0.2) is 42.7 Å². The van der Waals surface area contributed by atoms with Crippen LogP contribution in [0.4, 0.5) is 0 Å². The Morgan fingerprint density at radius 1 is 1.13 bits per heavy atom. The number of aromatic nitrogens is 2. The van der Waals surface area contributed by atoms with Crippen molar-refractivity contribution in [1.29, 1.82) is 0 Å². The molecule has 1 N–H and O–H groups in total. The molecule has 2 aromatic carbocycles. The molecule has 0 unspecified atom stereocenters. The van der Waals surface area contributed by atoms with Crippen molar-refractivity contribution in [3.8, 4) is 5.75 Å². The lowest BCUT2D eigenvalue weighted by atomic mass is 10.1. The van der Waals surface area contributed by atoms with Gasteiger partial charge in [-0.25, -0.2) is 4.98 Å². The zero-order chi connectivity index (χ0) is 16.4. The average molecular weight is 310 g/mol. The lowest BCUT2D eigenvalue weighted by Crippen LogP contribution is -2.23. The van der Waals surface area contributed by atoms with E-state index in [1.165, 1.54) is 11.1 Å². The van der Waals surface area contributed by atoms with E-state index >= 15 is 0 Å². The number of imidazole rings is 1. The van der Waals surface area contributed by atoms with Crippen molar-refractivity contribution in [2.75, 3.05) is 6.61 Å². The molecule has 3 rings (SSSR count). The molecule has 0 aliphatic carbocycles. The fraction of sp³-hybridized carbons (Fsp3) is 0.316. The first-order valence-corrected chi connectivity index (χ1v) is 7.82. The zero-order valence-corrected chi connectivity index (χ0v) is 13.8. The van der Waals surface area contributed by atoms with Gasteiger partial charge in [-0.15, -0.1) is 0 Å². The van der Waals surface area contributed by atoms with Gasteiger partial charge in [0.05, 0.1) is 23.9 Å². The summed E-state index contributed by atoms with van der Waals surface area (Å²) in [5.74, 6) is 0.783. The number of aryl methyl sites for hydroxylation is 3. The van der Waals surface area contributed by atoms with E-state index in [2.05, 4.69) is 31.0 Å². The number of aliphatic hydroxyl groups is 1. The third kappa shape index (κ3) is 3.54. The van der Waals surface area contributed by atoms with Crippen molar-refractivity contribution in [1.82, 2.24) is 9.55 Å². The summed E-state index contributed by atoms with van der Waals surface area (Å²) >= 11 is 0. The Balaban J connectivity index is 1.68. The van der Waals surface area contributed by atoms with Gasteiger partial charge in [-0.3, -0.25) is 0 Å². The van der Waals surface area contributed by atoms with Crippen LogP contribution in [0.5, 0.6) is 5.75 Å². The van der Waals surface area contributed by atoms with Gasteiger partial charge in [0.1, 0.15) is 18.5 Å². The first kappa shape index (κ1) is 15.6. The summed E-state index contributed by atoms with van der Waals surface area (Å²) in [5.41, 5.74) is 5.60. The molecule has 120 valence electrons. The average Bonchev–Trinajstić information content (AvgIpc) is 2.88. The molecule has 1 aromatic heterocycles. The molecule has 0 amide bonds. The zero-order valence-electron chi connectivity index (χ0n) is 13.8. The predicted molar refractivity (Wildman–Crippen MR) is 91.9 cm³/mol. The molecule has 1 heterocycles. The van der Waals surface area contributed by atoms with Crippen LogP contribution in [0.3, 0.4) is 0 Å². The smallest absolute Gasteiger partial charge is 0.119 e.